The lowest BCUT2D eigenvalue weighted by atomic mass is 10.3. The molecule has 0 aliphatic carbocycles. The quantitative estimate of drug-likeness (QED) is 0.445. The molecule has 0 radical (unpaired) electrons. The molecule has 0 aromatic heterocycles. The van der Waals surface area contributed by atoms with E-state index in [1.807, 2.05) is 0 Å². The summed E-state index contributed by atoms with van der Waals surface area (Å²) < 4.78 is 0. The Hall–Kier alpha value is -0.150. The van der Waals surface area contributed by atoms with Crippen molar-refractivity contribution >= 4 is 29.7 Å². The maximum absolute atomic E-state index is 5.94. The van der Waals surface area contributed by atoms with Crippen LogP contribution >= 0.6 is 23.4 Å². The molecule has 0 aromatic rings. The van der Waals surface area contributed by atoms with Crippen LogP contribution in [-0.2, 0) is 0 Å². The third-order valence-corrected chi connectivity index (χ3v) is 3.22. The van der Waals surface area contributed by atoms with Crippen LogP contribution in [0.25, 0.3) is 0 Å². The first kappa shape index (κ1) is 6.55. The lowest BCUT2D eigenvalue weighted by molar-refractivity contribution is 0.913. The number of hydrogen-bond donors (Lipinski definition) is 1. The Morgan fingerprint density at radius 1 is 1.80 bits per heavy atom. The van der Waals surface area contributed by atoms with Gasteiger partial charge in [0.1, 0.15) is 5.50 Å². The van der Waals surface area contributed by atoms with Gasteiger partial charge in [0.05, 0.1) is 12.0 Å². The first-order valence-electron chi connectivity index (χ1n) is 3.16. The van der Waals surface area contributed by atoms with Crippen LogP contribution in [0.1, 0.15) is 6.42 Å². The number of nitrogens with zero attached hydrogens (tertiary/aromatic N) is 1. The van der Waals surface area contributed by atoms with Gasteiger partial charge in [-0.3, -0.25) is 0 Å². The van der Waals surface area contributed by atoms with Gasteiger partial charge in [0, 0.05) is 17.1 Å². The van der Waals surface area contributed by atoms with E-state index in [9.17, 15) is 0 Å². The van der Waals surface area contributed by atoms with Gasteiger partial charge in [-0.25, -0.2) is 4.99 Å². The summed E-state index contributed by atoms with van der Waals surface area (Å²) in [4.78, 5) is 5.39. The monoisotopic (exact) mass is 174 g/mol. The van der Waals surface area contributed by atoms with Gasteiger partial charge in [0.2, 0.25) is 0 Å². The standard InChI is InChI=1S/C6H7ClN2S/c7-6-5-4(1-2-10-5)8-3-9-6/h3,6H,1-2H2,(H,8,9). The normalized spacial score (nSPS) is 30.3. The highest BCUT2D eigenvalue weighted by molar-refractivity contribution is 8.03. The van der Waals surface area contributed by atoms with Gasteiger partial charge in [-0.15, -0.1) is 11.8 Å². The molecule has 1 N–H and O–H groups in total. The van der Waals surface area contributed by atoms with Crippen LogP contribution in [0.15, 0.2) is 15.6 Å². The van der Waals surface area contributed by atoms with Crippen LogP contribution < -0.4 is 5.32 Å². The number of alkyl halides is 1. The van der Waals surface area contributed by atoms with Gasteiger partial charge < -0.3 is 5.32 Å². The van der Waals surface area contributed by atoms with E-state index >= 15 is 0 Å². The molecule has 0 fully saturated rings. The Morgan fingerprint density at radius 2 is 2.70 bits per heavy atom. The third-order valence-electron chi connectivity index (χ3n) is 1.55. The van der Waals surface area contributed by atoms with E-state index in [1.54, 1.807) is 18.1 Å². The molecule has 54 valence electrons. The van der Waals surface area contributed by atoms with Crippen LogP contribution in [0.5, 0.6) is 0 Å². The number of allylic oxidation sites excluding steroid dienone is 1. The summed E-state index contributed by atoms with van der Waals surface area (Å²) in [6.07, 6.45) is 2.75. The minimum atomic E-state index is -0.0278. The third kappa shape index (κ3) is 0.935. The van der Waals surface area contributed by atoms with Crippen LogP contribution in [-0.4, -0.2) is 17.6 Å². The van der Waals surface area contributed by atoms with Crippen LogP contribution in [0, 0.1) is 0 Å². The molecule has 4 heteroatoms. The minimum Gasteiger partial charge on any atom is -0.356 e. The lowest BCUT2D eigenvalue weighted by Crippen LogP contribution is -2.25. The molecule has 10 heavy (non-hydrogen) atoms. The van der Waals surface area contributed by atoms with Gasteiger partial charge in [0.15, 0.2) is 0 Å². The number of thioether (sulfide) groups is 1. The Balaban J connectivity index is 2.30. The van der Waals surface area contributed by atoms with Crippen molar-refractivity contribution in [3.63, 3.8) is 0 Å². The maximum Gasteiger partial charge on any atom is 0.135 e. The Bertz CT molecular complexity index is 212. The minimum absolute atomic E-state index is 0.0278. The van der Waals surface area contributed by atoms with Crippen molar-refractivity contribution < 1.29 is 0 Å². The van der Waals surface area contributed by atoms with Gasteiger partial charge in [-0.2, -0.15) is 0 Å². The van der Waals surface area contributed by atoms with Crippen molar-refractivity contribution in [3.05, 3.63) is 10.6 Å². The van der Waals surface area contributed by atoms with Crippen molar-refractivity contribution in [2.24, 2.45) is 4.99 Å². The fraction of sp³-hybridized carbons (Fsp3) is 0.500. The molecular weight excluding hydrogens is 168 g/mol. The fourth-order valence-corrected chi connectivity index (χ4v) is 2.49. The van der Waals surface area contributed by atoms with E-state index < -0.39 is 0 Å². The molecule has 2 aliphatic heterocycles. The molecule has 2 rings (SSSR count). The highest BCUT2D eigenvalue weighted by Crippen LogP contribution is 2.36. The van der Waals surface area contributed by atoms with Crippen LogP contribution in [0.4, 0.5) is 0 Å². The number of aliphatic imine (C=N–C) groups is 1. The number of halogens is 1. The van der Waals surface area contributed by atoms with Gasteiger partial charge in [-0.1, -0.05) is 11.6 Å². The zero-order valence-corrected chi connectivity index (χ0v) is 6.87. The van der Waals surface area contributed by atoms with E-state index in [-0.39, 0.29) is 5.50 Å². The highest BCUT2D eigenvalue weighted by atomic mass is 35.5. The zero-order chi connectivity index (χ0) is 6.97. The average Bonchev–Trinajstić information content (AvgIpc) is 2.36. The Labute approximate surface area is 68.7 Å². The molecule has 0 spiro atoms. The second-order valence-corrected chi connectivity index (χ2v) is 3.77. The van der Waals surface area contributed by atoms with Gasteiger partial charge in [0.25, 0.3) is 0 Å². The number of rotatable bonds is 0. The Morgan fingerprint density at radius 3 is 3.50 bits per heavy atom. The molecule has 0 saturated carbocycles. The molecule has 0 amide bonds. The number of nitrogens with one attached hydrogen (secondary N) is 1. The summed E-state index contributed by atoms with van der Waals surface area (Å²) >= 11 is 7.74. The molecule has 2 nitrogen and oxygen atoms in total. The average molecular weight is 175 g/mol. The van der Waals surface area contributed by atoms with E-state index in [0.717, 1.165) is 12.2 Å². The number of hydrogen-bond acceptors (Lipinski definition) is 3. The van der Waals surface area contributed by atoms with E-state index in [1.165, 1.54) is 10.6 Å². The van der Waals surface area contributed by atoms with Crippen molar-refractivity contribution in [3.8, 4) is 0 Å². The zero-order valence-electron chi connectivity index (χ0n) is 5.30. The topological polar surface area (TPSA) is 24.4 Å². The molecule has 2 heterocycles. The summed E-state index contributed by atoms with van der Waals surface area (Å²) in [5, 5.41) is 2.95. The molecule has 2 aliphatic rings. The molecular formula is C6H7ClN2S. The summed E-state index contributed by atoms with van der Waals surface area (Å²) in [5.41, 5.74) is 1.14. The highest BCUT2D eigenvalue weighted by Gasteiger charge is 2.23. The second-order valence-electron chi connectivity index (χ2n) is 2.20. The van der Waals surface area contributed by atoms with Crippen molar-refractivity contribution in [2.75, 3.05) is 5.75 Å². The largest absolute Gasteiger partial charge is 0.356 e. The summed E-state index contributed by atoms with van der Waals surface area (Å²) in [6, 6.07) is 0. The van der Waals surface area contributed by atoms with E-state index in [4.69, 9.17) is 11.6 Å². The summed E-state index contributed by atoms with van der Waals surface area (Å²) in [6.45, 7) is 0. The van der Waals surface area contributed by atoms with Crippen molar-refractivity contribution in [2.45, 2.75) is 11.9 Å². The SMILES string of the molecule is ClC1NC=NC2=C1SCC2. The molecule has 0 aromatic carbocycles. The van der Waals surface area contributed by atoms with Crippen LogP contribution in [0.2, 0.25) is 0 Å². The maximum atomic E-state index is 5.94. The first-order valence-corrected chi connectivity index (χ1v) is 4.58. The van der Waals surface area contributed by atoms with Crippen molar-refractivity contribution in [1.29, 1.82) is 0 Å². The molecule has 1 unspecified atom stereocenters. The van der Waals surface area contributed by atoms with E-state index in [0.29, 0.717) is 0 Å². The smallest absolute Gasteiger partial charge is 0.135 e. The lowest BCUT2D eigenvalue weighted by Gasteiger charge is -2.14. The molecule has 1 atom stereocenters. The predicted molar refractivity (Wildman–Crippen MR) is 45.4 cm³/mol. The second kappa shape index (κ2) is 2.47. The Kier molecular flexibility index (Phi) is 1.62. The van der Waals surface area contributed by atoms with E-state index in [2.05, 4.69) is 10.3 Å². The molecule has 0 bridgehead atoms. The van der Waals surface area contributed by atoms with Crippen LogP contribution in [0.3, 0.4) is 0 Å². The fourth-order valence-electron chi connectivity index (χ4n) is 1.07. The molecule has 0 saturated heterocycles. The van der Waals surface area contributed by atoms with Crippen molar-refractivity contribution in [1.82, 2.24) is 5.32 Å². The predicted octanol–water partition coefficient (Wildman–Crippen LogP) is 1.53. The summed E-state index contributed by atoms with van der Waals surface area (Å²) in [7, 11) is 0. The van der Waals surface area contributed by atoms with Gasteiger partial charge in [-0.05, 0) is 0 Å². The first-order chi connectivity index (χ1) is 4.88. The summed E-state index contributed by atoms with van der Waals surface area (Å²) in [5.74, 6) is 1.13. The van der Waals surface area contributed by atoms with Gasteiger partial charge >= 0.3 is 0 Å².